The fourth-order valence-corrected chi connectivity index (χ4v) is 1.69. The molecule has 20 heavy (non-hydrogen) atoms. The molecule has 0 saturated heterocycles. The summed E-state index contributed by atoms with van der Waals surface area (Å²) in [6.45, 7) is 4.99. The maximum absolute atomic E-state index is 11.9. The van der Waals surface area contributed by atoms with Gasteiger partial charge in [0, 0.05) is 30.7 Å². The molecule has 1 aromatic rings. The number of nitrogens with zero attached hydrogens (tertiary/aromatic N) is 1. The molecule has 0 radical (unpaired) electrons. The highest BCUT2D eigenvalue weighted by molar-refractivity contribution is 5.90. The van der Waals surface area contributed by atoms with Crippen molar-refractivity contribution in [3.63, 3.8) is 0 Å². The molecule has 5 nitrogen and oxygen atoms in total. The van der Waals surface area contributed by atoms with Crippen molar-refractivity contribution in [2.75, 3.05) is 25.5 Å². The number of likely N-dealkylation sites (N-methyl/N-ethyl adjacent to an activating group) is 1. The Morgan fingerprint density at radius 3 is 2.75 bits per heavy atom. The van der Waals surface area contributed by atoms with Crippen LogP contribution >= 0.6 is 0 Å². The molecule has 1 amide bonds. The van der Waals surface area contributed by atoms with E-state index in [1.807, 2.05) is 50.1 Å². The van der Waals surface area contributed by atoms with Gasteiger partial charge in [-0.2, -0.15) is 0 Å². The molecule has 0 bridgehead atoms. The van der Waals surface area contributed by atoms with Gasteiger partial charge in [0.1, 0.15) is 0 Å². The third kappa shape index (κ3) is 4.92. The Hall–Kier alpha value is -1.43. The van der Waals surface area contributed by atoms with E-state index >= 15 is 0 Å². The quantitative estimate of drug-likeness (QED) is 0.700. The third-order valence-electron chi connectivity index (χ3n) is 3.54. The lowest BCUT2D eigenvalue weighted by atomic mass is 10.1. The number of hydrogen-bond donors (Lipinski definition) is 3. The molecule has 1 aromatic carbocycles. The summed E-state index contributed by atoms with van der Waals surface area (Å²) >= 11 is 0. The number of aliphatic hydroxyl groups is 1. The number of rotatable bonds is 7. The van der Waals surface area contributed by atoms with Crippen molar-refractivity contribution in [3.05, 3.63) is 29.8 Å². The summed E-state index contributed by atoms with van der Waals surface area (Å²) in [6, 6.07) is 7.52. The second kappa shape index (κ2) is 7.38. The molecule has 0 fully saturated rings. The van der Waals surface area contributed by atoms with Crippen molar-refractivity contribution in [1.82, 2.24) is 4.90 Å². The molecule has 0 aromatic heterocycles. The number of carbonyl (C=O) groups is 1. The van der Waals surface area contributed by atoms with Gasteiger partial charge >= 0.3 is 0 Å². The van der Waals surface area contributed by atoms with Crippen LogP contribution in [0.15, 0.2) is 24.3 Å². The molecule has 0 aliphatic rings. The summed E-state index contributed by atoms with van der Waals surface area (Å²) in [5.74, 6) is -0.0419. The molecule has 0 unspecified atom stereocenters. The van der Waals surface area contributed by atoms with Crippen LogP contribution < -0.4 is 11.1 Å². The number of aliphatic hydroxyl groups excluding tert-OH is 1. The van der Waals surface area contributed by atoms with E-state index in [1.54, 1.807) is 0 Å². The molecule has 0 spiro atoms. The lowest BCUT2D eigenvalue weighted by molar-refractivity contribution is -0.116. The predicted molar refractivity (Wildman–Crippen MR) is 81.4 cm³/mol. The van der Waals surface area contributed by atoms with Gasteiger partial charge in [0.2, 0.25) is 5.91 Å². The number of anilines is 1. The summed E-state index contributed by atoms with van der Waals surface area (Å²) in [7, 11) is 1.90. The van der Waals surface area contributed by atoms with Crippen molar-refractivity contribution in [3.8, 4) is 0 Å². The molecular weight excluding hydrogens is 254 g/mol. The standard InChI is InChI=1S/C15H25N3O2/c1-15(2,11-19)18(3)8-7-14(20)17-13-6-4-5-12(9-13)10-16/h4-6,9,19H,7-8,10-11,16H2,1-3H3,(H,17,20). The Morgan fingerprint density at radius 1 is 1.45 bits per heavy atom. The SMILES string of the molecule is CN(CCC(=O)Nc1cccc(CN)c1)C(C)(C)CO. The fraction of sp³-hybridized carbons (Fsp3) is 0.533. The normalized spacial score (nSPS) is 11.7. The average Bonchev–Trinajstić information content (AvgIpc) is 2.44. The van der Waals surface area contributed by atoms with Gasteiger partial charge in [0.25, 0.3) is 0 Å². The van der Waals surface area contributed by atoms with Crippen LogP contribution in [-0.2, 0) is 11.3 Å². The predicted octanol–water partition coefficient (Wildman–Crippen LogP) is 1.18. The molecule has 0 aliphatic carbocycles. The molecule has 5 heteroatoms. The van der Waals surface area contributed by atoms with Crippen molar-refractivity contribution in [2.45, 2.75) is 32.4 Å². The minimum Gasteiger partial charge on any atom is -0.394 e. The third-order valence-corrected chi connectivity index (χ3v) is 3.54. The molecule has 0 heterocycles. The Bertz CT molecular complexity index is 446. The molecule has 112 valence electrons. The van der Waals surface area contributed by atoms with Gasteiger partial charge in [-0.1, -0.05) is 12.1 Å². The summed E-state index contributed by atoms with van der Waals surface area (Å²) in [5.41, 5.74) is 7.00. The summed E-state index contributed by atoms with van der Waals surface area (Å²) < 4.78 is 0. The first-order valence-electron chi connectivity index (χ1n) is 6.80. The van der Waals surface area contributed by atoms with Gasteiger partial charge < -0.3 is 16.2 Å². The van der Waals surface area contributed by atoms with Gasteiger partial charge in [-0.05, 0) is 38.6 Å². The minimum absolute atomic E-state index is 0.0419. The maximum atomic E-state index is 11.9. The number of nitrogens with two attached hydrogens (primary N) is 1. The van der Waals surface area contributed by atoms with Gasteiger partial charge in [-0.3, -0.25) is 9.69 Å². The smallest absolute Gasteiger partial charge is 0.225 e. The first kappa shape index (κ1) is 16.6. The number of hydrogen-bond acceptors (Lipinski definition) is 4. The van der Waals surface area contributed by atoms with Crippen LogP contribution in [0.4, 0.5) is 5.69 Å². The highest BCUT2D eigenvalue weighted by Gasteiger charge is 2.22. The van der Waals surface area contributed by atoms with Crippen LogP contribution in [0.2, 0.25) is 0 Å². The minimum atomic E-state index is -0.320. The van der Waals surface area contributed by atoms with Crippen LogP contribution in [0.25, 0.3) is 0 Å². The first-order valence-corrected chi connectivity index (χ1v) is 6.80. The maximum Gasteiger partial charge on any atom is 0.225 e. The summed E-state index contributed by atoms with van der Waals surface area (Å²) in [5, 5.41) is 12.1. The number of benzene rings is 1. The van der Waals surface area contributed by atoms with Gasteiger partial charge in [-0.25, -0.2) is 0 Å². The Balaban J connectivity index is 2.48. The second-order valence-electron chi connectivity index (χ2n) is 5.59. The summed E-state index contributed by atoms with van der Waals surface area (Å²) in [4.78, 5) is 13.9. The molecule has 4 N–H and O–H groups in total. The van der Waals surface area contributed by atoms with E-state index in [1.165, 1.54) is 0 Å². The van der Waals surface area contributed by atoms with Crippen LogP contribution in [0, 0.1) is 0 Å². The van der Waals surface area contributed by atoms with E-state index in [9.17, 15) is 9.90 Å². The second-order valence-corrected chi connectivity index (χ2v) is 5.59. The Kier molecular flexibility index (Phi) is 6.13. The lowest BCUT2D eigenvalue weighted by Crippen LogP contribution is -2.45. The Morgan fingerprint density at radius 2 is 2.15 bits per heavy atom. The average molecular weight is 279 g/mol. The van der Waals surface area contributed by atoms with Crippen LogP contribution in [-0.4, -0.2) is 41.7 Å². The number of amides is 1. The topological polar surface area (TPSA) is 78.6 Å². The zero-order valence-corrected chi connectivity index (χ0v) is 12.5. The molecule has 0 atom stereocenters. The van der Waals surface area contributed by atoms with Crippen LogP contribution in [0.5, 0.6) is 0 Å². The van der Waals surface area contributed by atoms with Crippen molar-refractivity contribution in [2.24, 2.45) is 5.73 Å². The number of carbonyl (C=O) groups excluding carboxylic acids is 1. The van der Waals surface area contributed by atoms with E-state index in [-0.39, 0.29) is 18.1 Å². The first-order chi connectivity index (χ1) is 9.39. The molecule has 0 saturated carbocycles. The van der Waals surface area contributed by atoms with Gasteiger partial charge in [0.05, 0.1) is 6.61 Å². The summed E-state index contributed by atoms with van der Waals surface area (Å²) in [6.07, 6.45) is 0.382. The Labute approximate surface area is 120 Å². The molecular formula is C15H25N3O2. The largest absolute Gasteiger partial charge is 0.394 e. The fourth-order valence-electron chi connectivity index (χ4n) is 1.69. The van der Waals surface area contributed by atoms with Crippen LogP contribution in [0.1, 0.15) is 25.8 Å². The zero-order chi connectivity index (χ0) is 15.2. The van der Waals surface area contributed by atoms with E-state index in [4.69, 9.17) is 5.73 Å². The molecule has 1 rings (SSSR count). The highest BCUT2D eigenvalue weighted by Crippen LogP contribution is 2.13. The molecule has 0 aliphatic heterocycles. The van der Waals surface area contributed by atoms with E-state index in [0.717, 1.165) is 11.3 Å². The zero-order valence-electron chi connectivity index (χ0n) is 12.5. The van der Waals surface area contributed by atoms with Crippen LogP contribution in [0.3, 0.4) is 0 Å². The van der Waals surface area contributed by atoms with E-state index < -0.39 is 0 Å². The van der Waals surface area contributed by atoms with E-state index in [2.05, 4.69) is 5.32 Å². The van der Waals surface area contributed by atoms with Gasteiger partial charge in [0.15, 0.2) is 0 Å². The number of nitrogens with one attached hydrogen (secondary N) is 1. The van der Waals surface area contributed by atoms with Gasteiger partial charge in [-0.15, -0.1) is 0 Å². The van der Waals surface area contributed by atoms with Crippen molar-refractivity contribution < 1.29 is 9.90 Å². The monoisotopic (exact) mass is 279 g/mol. The van der Waals surface area contributed by atoms with Crippen molar-refractivity contribution >= 4 is 11.6 Å². The lowest BCUT2D eigenvalue weighted by Gasteiger charge is -2.33. The van der Waals surface area contributed by atoms with Crippen molar-refractivity contribution in [1.29, 1.82) is 0 Å². The highest BCUT2D eigenvalue weighted by atomic mass is 16.3. The van der Waals surface area contributed by atoms with E-state index in [0.29, 0.717) is 19.5 Å².